The molecule has 6 heteroatoms. The number of benzene rings is 2. The molecule has 0 N–H and O–H groups in total. The van der Waals surface area contributed by atoms with Gasteiger partial charge < -0.3 is 4.74 Å². The molecule has 3 aromatic rings. The van der Waals surface area contributed by atoms with Gasteiger partial charge in [0.15, 0.2) is 0 Å². The van der Waals surface area contributed by atoms with Gasteiger partial charge in [-0.05, 0) is 42.0 Å². The summed E-state index contributed by atoms with van der Waals surface area (Å²) >= 11 is 5.98. The number of carbonyl (C=O) groups excluding carboxylic acids is 2. The summed E-state index contributed by atoms with van der Waals surface area (Å²) < 4.78 is 5.82. The maximum absolute atomic E-state index is 12.9. The Morgan fingerprint density at radius 1 is 1.00 bits per heavy atom. The van der Waals surface area contributed by atoms with Crippen molar-refractivity contribution in [1.82, 2.24) is 9.88 Å². The number of rotatable bonds is 4. The smallest absolute Gasteiger partial charge is 0.265 e. The highest BCUT2D eigenvalue weighted by atomic mass is 35.5. The Balaban J connectivity index is 1.67. The van der Waals surface area contributed by atoms with E-state index in [1.54, 1.807) is 60.9 Å². The molecule has 2 heterocycles. The first-order chi connectivity index (χ1) is 12.6. The predicted octanol–water partition coefficient (Wildman–Crippen LogP) is 4.32. The third-order valence-corrected chi connectivity index (χ3v) is 4.28. The van der Waals surface area contributed by atoms with Gasteiger partial charge in [-0.2, -0.15) is 0 Å². The predicted molar refractivity (Wildman–Crippen MR) is 96.4 cm³/mol. The lowest BCUT2D eigenvalue weighted by Gasteiger charge is -2.13. The van der Waals surface area contributed by atoms with Crippen molar-refractivity contribution < 1.29 is 14.3 Å². The minimum Gasteiger partial charge on any atom is -0.456 e. The summed E-state index contributed by atoms with van der Waals surface area (Å²) in [6.07, 6.45) is 3.27. The molecule has 0 unspecified atom stereocenters. The lowest BCUT2D eigenvalue weighted by molar-refractivity contribution is 0.0641. The molecule has 0 atom stereocenters. The molecule has 1 aliphatic heterocycles. The van der Waals surface area contributed by atoms with Crippen molar-refractivity contribution in [3.8, 4) is 11.5 Å². The molecule has 2 aromatic carbocycles. The molecule has 1 aromatic heterocycles. The number of nitrogens with zero attached hydrogens (tertiary/aromatic N) is 2. The Kier molecular flexibility index (Phi) is 4.14. The molecule has 1 aliphatic rings. The largest absolute Gasteiger partial charge is 0.456 e. The fraction of sp³-hybridized carbons (Fsp3) is 0.0500. The number of fused-ring (bicyclic) bond motifs is 1. The standard InChI is InChI=1S/C20H13ClN2O3/c21-14-5-1-6-15(10-14)26-17-8-2-7-16-18(17)20(25)23(19(16)24)12-13-4-3-9-22-11-13/h1-11H,12H2. The normalized spacial score (nSPS) is 13.0. The average molecular weight is 365 g/mol. The van der Waals surface area contributed by atoms with Crippen molar-refractivity contribution in [3.05, 3.63) is 88.7 Å². The molecule has 0 saturated carbocycles. The highest BCUT2D eigenvalue weighted by Crippen LogP contribution is 2.34. The average Bonchev–Trinajstić information content (AvgIpc) is 2.88. The molecular weight excluding hydrogens is 352 g/mol. The van der Waals surface area contributed by atoms with Crippen LogP contribution in [0.2, 0.25) is 5.02 Å². The minimum atomic E-state index is -0.383. The fourth-order valence-corrected chi connectivity index (χ4v) is 3.04. The van der Waals surface area contributed by atoms with Crippen LogP contribution in [-0.2, 0) is 6.54 Å². The zero-order valence-electron chi connectivity index (χ0n) is 13.6. The van der Waals surface area contributed by atoms with Gasteiger partial charge >= 0.3 is 0 Å². The fourth-order valence-electron chi connectivity index (χ4n) is 2.86. The van der Waals surface area contributed by atoms with E-state index in [1.165, 1.54) is 4.90 Å². The van der Waals surface area contributed by atoms with Crippen LogP contribution in [0.1, 0.15) is 26.3 Å². The Hall–Kier alpha value is -3.18. The van der Waals surface area contributed by atoms with Gasteiger partial charge in [-0.3, -0.25) is 19.5 Å². The lowest BCUT2D eigenvalue weighted by atomic mass is 10.1. The van der Waals surface area contributed by atoms with E-state index in [1.807, 2.05) is 6.07 Å². The molecule has 0 spiro atoms. The van der Waals surface area contributed by atoms with Crippen LogP contribution in [0.5, 0.6) is 11.5 Å². The summed E-state index contributed by atoms with van der Waals surface area (Å²) in [7, 11) is 0. The summed E-state index contributed by atoms with van der Waals surface area (Å²) in [5, 5.41) is 0.524. The highest BCUT2D eigenvalue weighted by Gasteiger charge is 2.38. The van der Waals surface area contributed by atoms with E-state index in [9.17, 15) is 9.59 Å². The lowest BCUT2D eigenvalue weighted by Crippen LogP contribution is -2.29. The van der Waals surface area contributed by atoms with Crippen LogP contribution in [-0.4, -0.2) is 21.7 Å². The molecule has 0 bridgehead atoms. The second-order valence-corrected chi connectivity index (χ2v) is 6.23. The SMILES string of the molecule is O=C1c2cccc(Oc3cccc(Cl)c3)c2C(=O)N1Cc1cccnc1. The minimum absolute atomic E-state index is 0.163. The molecular formula is C20H13ClN2O3. The number of amides is 2. The molecule has 0 fully saturated rings. The first-order valence-corrected chi connectivity index (χ1v) is 8.33. The number of carbonyl (C=O) groups is 2. The highest BCUT2D eigenvalue weighted by molar-refractivity contribution is 6.30. The summed E-state index contributed by atoms with van der Waals surface area (Å²) in [4.78, 5) is 30.8. The Morgan fingerprint density at radius 2 is 1.85 bits per heavy atom. The number of hydrogen-bond acceptors (Lipinski definition) is 4. The summed E-state index contributed by atoms with van der Waals surface area (Å²) in [6, 6.07) is 15.4. The van der Waals surface area contributed by atoms with Crippen LogP contribution in [0.25, 0.3) is 0 Å². The van der Waals surface area contributed by atoms with Gasteiger partial charge in [-0.15, -0.1) is 0 Å². The van der Waals surface area contributed by atoms with Crippen molar-refractivity contribution >= 4 is 23.4 Å². The maximum Gasteiger partial charge on any atom is 0.265 e. The number of imide groups is 1. The zero-order valence-corrected chi connectivity index (χ0v) is 14.3. The van der Waals surface area contributed by atoms with E-state index in [-0.39, 0.29) is 23.9 Å². The quantitative estimate of drug-likeness (QED) is 0.647. The second-order valence-electron chi connectivity index (χ2n) is 5.80. The summed E-state index contributed by atoms with van der Waals surface area (Å²) in [5.41, 5.74) is 1.37. The van der Waals surface area contributed by atoms with Gasteiger partial charge in [-0.1, -0.05) is 29.8 Å². The van der Waals surface area contributed by atoms with E-state index < -0.39 is 0 Å². The third-order valence-electron chi connectivity index (χ3n) is 4.05. The molecule has 0 saturated heterocycles. The molecule has 5 nitrogen and oxygen atoms in total. The monoisotopic (exact) mass is 364 g/mol. The summed E-state index contributed by atoms with van der Waals surface area (Å²) in [5.74, 6) is 0.102. The van der Waals surface area contributed by atoms with Crippen molar-refractivity contribution in [2.24, 2.45) is 0 Å². The number of aromatic nitrogens is 1. The first-order valence-electron chi connectivity index (χ1n) is 7.95. The Bertz CT molecular complexity index is 1000. The molecule has 0 aliphatic carbocycles. The van der Waals surface area contributed by atoms with E-state index in [4.69, 9.17) is 16.3 Å². The van der Waals surface area contributed by atoms with Crippen LogP contribution in [0.3, 0.4) is 0 Å². The second kappa shape index (κ2) is 6.61. The molecule has 26 heavy (non-hydrogen) atoms. The molecule has 2 amide bonds. The zero-order chi connectivity index (χ0) is 18.1. The Morgan fingerprint density at radius 3 is 2.62 bits per heavy atom. The summed E-state index contributed by atoms with van der Waals surface area (Å²) in [6.45, 7) is 0.163. The van der Waals surface area contributed by atoms with Crippen LogP contribution < -0.4 is 4.74 Å². The van der Waals surface area contributed by atoms with Crippen LogP contribution in [0.15, 0.2) is 67.0 Å². The number of pyridine rings is 1. The first kappa shape index (κ1) is 16.3. The molecule has 4 rings (SSSR count). The topological polar surface area (TPSA) is 59.5 Å². The van der Waals surface area contributed by atoms with Crippen molar-refractivity contribution in [2.75, 3.05) is 0 Å². The van der Waals surface area contributed by atoms with E-state index in [0.717, 1.165) is 5.56 Å². The third kappa shape index (κ3) is 2.93. The Labute approximate surface area is 154 Å². The van der Waals surface area contributed by atoms with Crippen molar-refractivity contribution in [2.45, 2.75) is 6.54 Å². The van der Waals surface area contributed by atoms with Gasteiger partial charge in [0.2, 0.25) is 0 Å². The molecule has 128 valence electrons. The van der Waals surface area contributed by atoms with Gasteiger partial charge in [0, 0.05) is 17.4 Å². The van der Waals surface area contributed by atoms with Crippen molar-refractivity contribution in [1.29, 1.82) is 0 Å². The van der Waals surface area contributed by atoms with E-state index in [0.29, 0.717) is 22.1 Å². The maximum atomic E-state index is 12.9. The van der Waals surface area contributed by atoms with E-state index >= 15 is 0 Å². The molecule has 0 radical (unpaired) electrons. The van der Waals surface area contributed by atoms with Crippen LogP contribution in [0, 0.1) is 0 Å². The van der Waals surface area contributed by atoms with Crippen LogP contribution >= 0.6 is 11.6 Å². The van der Waals surface area contributed by atoms with E-state index in [2.05, 4.69) is 4.98 Å². The van der Waals surface area contributed by atoms with Crippen LogP contribution in [0.4, 0.5) is 0 Å². The van der Waals surface area contributed by atoms with Crippen molar-refractivity contribution in [3.63, 3.8) is 0 Å². The van der Waals surface area contributed by atoms with Gasteiger partial charge in [0.1, 0.15) is 11.5 Å². The van der Waals surface area contributed by atoms with Gasteiger partial charge in [-0.25, -0.2) is 0 Å². The number of ether oxygens (including phenoxy) is 1. The number of hydrogen-bond donors (Lipinski definition) is 0. The van der Waals surface area contributed by atoms with Gasteiger partial charge in [0.05, 0.1) is 17.7 Å². The van der Waals surface area contributed by atoms with Gasteiger partial charge in [0.25, 0.3) is 11.8 Å². The number of halogens is 1.